The van der Waals surface area contributed by atoms with E-state index in [1.807, 2.05) is 35.8 Å². The molecule has 0 spiro atoms. The number of carbonyl (C=O) groups excluding carboxylic acids is 1. The number of hydrogen-bond donors (Lipinski definition) is 0. The predicted octanol–water partition coefficient (Wildman–Crippen LogP) is 2.01. The molecule has 1 aliphatic rings. The van der Waals surface area contributed by atoms with Crippen LogP contribution in [0.25, 0.3) is 0 Å². The maximum absolute atomic E-state index is 12.3. The van der Waals surface area contributed by atoms with Gasteiger partial charge in [-0.25, -0.2) is 0 Å². The fourth-order valence-electron chi connectivity index (χ4n) is 2.23. The van der Waals surface area contributed by atoms with Crippen LogP contribution in [-0.2, 0) is 11.2 Å². The monoisotopic (exact) mass is 281 g/mol. The van der Waals surface area contributed by atoms with Crippen molar-refractivity contribution < 1.29 is 4.79 Å². The molecule has 2 unspecified atom stereocenters. The Bertz CT molecular complexity index is 432. The van der Waals surface area contributed by atoms with Crippen LogP contribution in [0.15, 0.2) is 12.3 Å². The van der Waals surface area contributed by atoms with Gasteiger partial charge in [-0.15, -0.1) is 0 Å². The molecule has 106 valence electrons. The molecule has 1 aromatic heterocycles. The van der Waals surface area contributed by atoms with Gasteiger partial charge >= 0.3 is 0 Å². The van der Waals surface area contributed by atoms with Crippen molar-refractivity contribution in [3.8, 4) is 0 Å². The Balaban J connectivity index is 1.96. The van der Waals surface area contributed by atoms with Crippen LogP contribution in [0.5, 0.6) is 0 Å². The molecule has 0 amide bonds. The van der Waals surface area contributed by atoms with Crippen LogP contribution in [0.1, 0.15) is 32.0 Å². The van der Waals surface area contributed by atoms with Crippen molar-refractivity contribution in [2.45, 2.75) is 38.8 Å². The maximum atomic E-state index is 12.3. The fourth-order valence-corrected chi connectivity index (χ4v) is 3.47. The maximum Gasteiger partial charge on any atom is 0.156 e. The second kappa shape index (κ2) is 6.57. The van der Waals surface area contributed by atoms with Gasteiger partial charge in [0.25, 0.3) is 0 Å². The highest BCUT2D eigenvalue weighted by atomic mass is 32.2. The van der Waals surface area contributed by atoms with Crippen LogP contribution < -0.4 is 0 Å². The molecule has 2 rings (SSSR count). The Labute approximate surface area is 119 Å². The molecule has 0 aliphatic carbocycles. The standard InChI is InChI=1S/C14H23N3OS/c1-4-11(2)17-6-5-12(15-17)9-14(18)13-10-19-8-7-16(13)3/h5-6,11,13H,4,7-10H2,1-3H3. The van der Waals surface area contributed by atoms with Crippen LogP contribution >= 0.6 is 11.8 Å². The molecule has 1 fully saturated rings. The summed E-state index contributed by atoms with van der Waals surface area (Å²) < 4.78 is 1.96. The number of aromatic nitrogens is 2. The number of rotatable bonds is 5. The molecule has 19 heavy (non-hydrogen) atoms. The first kappa shape index (κ1) is 14.6. The van der Waals surface area contributed by atoms with Gasteiger partial charge in [0.2, 0.25) is 0 Å². The zero-order valence-electron chi connectivity index (χ0n) is 12.0. The van der Waals surface area contributed by atoms with E-state index in [0.717, 1.165) is 30.2 Å². The van der Waals surface area contributed by atoms with Crippen molar-refractivity contribution >= 4 is 17.5 Å². The van der Waals surface area contributed by atoms with Gasteiger partial charge in [-0.3, -0.25) is 14.4 Å². The van der Waals surface area contributed by atoms with E-state index in [0.29, 0.717) is 18.2 Å². The van der Waals surface area contributed by atoms with Crippen molar-refractivity contribution in [3.63, 3.8) is 0 Å². The quantitative estimate of drug-likeness (QED) is 0.827. The summed E-state index contributed by atoms with van der Waals surface area (Å²) in [5.74, 6) is 2.34. The number of nitrogens with zero attached hydrogens (tertiary/aromatic N) is 3. The molecule has 0 N–H and O–H groups in total. The average Bonchev–Trinajstić information content (AvgIpc) is 2.86. The largest absolute Gasteiger partial charge is 0.297 e. The van der Waals surface area contributed by atoms with E-state index >= 15 is 0 Å². The summed E-state index contributed by atoms with van der Waals surface area (Å²) in [5.41, 5.74) is 0.897. The molecule has 5 heteroatoms. The average molecular weight is 281 g/mol. The molecular weight excluding hydrogens is 258 g/mol. The third kappa shape index (κ3) is 3.60. The van der Waals surface area contributed by atoms with E-state index in [1.54, 1.807) is 0 Å². The summed E-state index contributed by atoms with van der Waals surface area (Å²) >= 11 is 1.87. The molecular formula is C14H23N3OS. The van der Waals surface area contributed by atoms with Gasteiger partial charge in [0.1, 0.15) is 0 Å². The molecule has 1 aromatic rings. The zero-order chi connectivity index (χ0) is 13.8. The van der Waals surface area contributed by atoms with Gasteiger partial charge in [-0.2, -0.15) is 16.9 Å². The minimum Gasteiger partial charge on any atom is -0.297 e. The number of ketones is 1. The lowest BCUT2D eigenvalue weighted by Gasteiger charge is -2.30. The Morgan fingerprint density at radius 3 is 3.11 bits per heavy atom. The van der Waals surface area contributed by atoms with E-state index in [-0.39, 0.29) is 6.04 Å². The highest BCUT2D eigenvalue weighted by molar-refractivity contribution is 7.99. The normalized spacial score (nSPS) is 22.4. The van der Waals surface area contributed by atoms with E-state index in [9.17, 15) is 4.79 Å². The van der Waals surface area contributed by atoms with Crippen LogP contribution in [0.3, 0.4) is 0 Å². The summed E-state index contributed by atoms with van der Waals surface area (Å²) in [7, 11) is 2.04. The molecule has 1 aliphatic heterocycles. The highest BCUT2D eigenvalue weighted by Crippen LogP contribution is 2.17. The molecule has 0 aromatic carbocycles. The molecule has 0 radical (unpaired) electrons. The van der Waals surface area contributed by atoms with Crippen molar-refractivity contribution in [3.05, 3.63) is 18.0 Å². The minimum atomic E-state index is 0.0625. The van der Waals surface area contributed by atoms with Crippen molar-refractivity contribution in [2.24, 2.45) is 0 Å². The summed E-state index contributed by atoms with van der Waals surface area (Å²) in [6, 6.07) is 2.43. The lowest BCUT2D eigenvalue weighted by Crippen LogP contribution is -2.45. The van der Waals surface area contributed by atoms with Crippen LogP contribution in [-0.4, -0.2) is 51.6 Å². The van der Waals surface area contributed by atoms with E-state index in [4.69, 9.17) is 0 Å². The lowest BCUT2D eigenvalue weighted by atomic mass is 10.1. The summed E-state index contributed by atoms with van der Waals surface area (Å²) in [6.07, 6.45) is 3.49. The van der Waals surface area contributed by atoms with E-state index in [1.165, 1.54) is 0 Å². The topological polar surface area (TPSA) is 38.1 Å². The first-order chi connectivity index (χ1) is 9.11. The molecule has 1 saturated heterocycles. The lowest BCUT2D eigenvalue weighted by molar-refractivity contribution is -0.122. The van der Waals surface area contributed by atoms with Gasteiger partial charge in [-0.1, -0.05) is 6.92 Å². The van der Waals surface area contributed by atoms with Crippen LogP contribution in [0.2, 0.25) is 0 Å². The fraction of sp³-hybridized carbons (Fsp3) is 0.714. The van der Waals surface area contributed by atoms with Crippen LogP contribution in [0, 0.1) is 0 Å². The van der Waals surface area contributed by atoms with E-state index in [2.05, 4.69) is 23.8 Å². The van der Waals surface area contributed by atoms with Crippen molar-refractivity contribution in [2.75, 3.05) is 25.1 Å². The molecule has 4 nitrogen and oxygen atoms in total. The van der Waals surface area contributed by atoms with Gasteiger partial charge in [-0.05, 0) is 26.5 Å². The first-order valence-electron chi connectivity index (χ1n) is 6.96. The number of hydrogen-bond acceptors (Lipinski definition) is 4. The number of thioether (sulfide) groups is 1. The predicted molar refractivity (Wildman–Crippen MR) is 79.7 cm³/mol. The number of carbonyl (C=O) groups is 1. The Hall–Kier alpha value is -0.810. The second-order valence-electron chi connectivity index (χ2n) is 5.26. The van der Waals surface area contributed by atoms with E-state index < -0.39 is 0 Å². The summed E-state index contributed by atoms with van der Waals surface area (Å²) in [6.45, 7) is 5.29. The molecule has 2 heterocycles. The smallest absolute Gasteiger partial charge is 0.156 e. The molecule has 2 atom stereocenters. The summed E-state index contributed by atoms with van der Waals surface area (Å²) in [4.78, 5) is 14.5. The first-order valence-corrected chi connectivity index (χ1v) is 8.12. The SMILES string of the molecule is CCC(C)n1ccc(CC(=O)C2CSCCN2C)n1. The third-order valence-corrected chi connectivity index (χ3v) is 4.85. The third-order valence-electron chi connectivity index (χ3n) is 3.83. The van der Waals surface area contributed by atoms with Gasteiger partial charge in [0.15, 0.2) is 5.78 Å². The second-order valence-corrected chi connectivity index (χ2v) is 6.41. The molecule has 0 saturated carbocycles. The van der Waals surface area contributed by atoms with Gasteiger partial charge in [0.05, 0.1) is 18.2 Å². The Morgan fingerprint density at radius 1 is 1.63 bits per heavy atom. The minimum absolute atomic E-state index is 0.0625. The summed E-state index contributed by atoms with van der Waals surface area (Å²) in [5, 5.41) is 4.51. The van der Waals surface area contributed by atoms with Gasteiger partial charge < -0.3 is 0 Å². The molecule has 0 bridgehead atoms. The van der Waals surface area contributed by atoms with Crippen molar-refractivity contribution in [1.82, 2.24) is 14.7 Å². The number of likely N-dealkylation sites (N-methyl/N-ethyl adjacent to an activating group) is 1. The number of Topliss-reactive ketones (excluding diaryl/α,β-unsaturated/α-hetero) is 1. The Morgan fingerprint density at radius 2 is 2.42 bits per heavy atom. The zero-order valence-corrected chi connectivity index (χ0v) is 12.8. The van der Waals surface area contributed by atoms with Gasteiger partial charge in [0, 0.05) is 30.3 Å². The Kier molecular flexibility index (Phi) is 5.05. The highest BCUT2D eigenvalue weighted by Gasteiger charge is 2.26. The van der Waals surface area contributed by atoms with Crippen molar-refractivity contribution in [1.29, 1.82) is 0 Å². The van der Waals surface area contributed by atoms with Crippen LogP contribution in [0.4, 0.5) is 0 Å².